The summed E-state index contributed by atoms with van der Waals surface area (Å²) in [7, 11) is 0. The minimum absolute atomic E-state index is 0.168. The third-order valence-corrected chi connectivity index (χ3v) is 2.32. The van der Waals surface area contributed by atoms with Gasteiger partial charge in [-0.2, -0.15) is 9.50 Å². The van der Waals surface area contributed by atoms with Crippen molar-refractivity contribution in [3.05, 3.63) is 32.0 Å². The molecule has 2 rings (SSSR count). The van der Waals surface area contributed by atoms with Crippen molar-refractivity contribution in [3.8, 4) is 0 Å². The largest absolute Gasteiger partial charge is 0.357 e. The van der Waals surface area contributed by atoms with Crippen LogP contribution in [0.25, 0.3) is 5.78 Å². The van der Waals surface area contributed by atoms with E-state index in [1.807, 2.05) is 6.92 Å². The van der Waals surface area contributed by atoms with E-state index in [1.165, 1.54) is 0 Å². The van der Waals surface area contributed by atoms with E-state index in [-0.39, 0.29) is 11.5 Å². The van der Waals surface area contributed by atoms with Crippen LogP contribution in [0, 0.1) is 17.0 Å². The average Bonchev–Trinajstić information content (AvgIpc) is 2.59. The van der Waals surface area contributed by atoms with Crippen molar-refractivity contribution in [2.75, 3.05) is 0 Å². The third-order valence-electron chi connectivity index (χ3n) is 2.32. The summed E-state index contributed by atoms with van der Waals surface area (Å²) in [5.74, 6) is 0.652. The van der Waals surface area contributed by atoms with E-state index in [0.717, 1.165) is 4.52 Å². The predicted octanol–water partition coefficient (Wildman–Crippen LogP) is 0.587. The van der Waals surface area contributed by atoms with Crippen molar-refractivity contribution in [2.24, 2.45) is 0 Å². The molecule has 90 valence electrons. The molecular formula is C9H11N5O3. The molecule has 2 aromatic rings. The Bertz CT molecular complexity index is 642. The number of aromatic nitrogens is 4. The maximum Gasteiger partial charge on any atom is 0.357 e. The highest BCUT2D eigenvalue weighted by Crippen LogP contribution is 2.13. The second kappa shape index (κ2) is 3.96. The Labute approximate surface area is 95.5 Å². The molecule has 0 aliphatic rings. The highest BCUT2D eigenvalue weighted by molar-refractivity contribution is 5.40. The van der Waals surface area contributed by atoms with Crippen LogP contribution in [0.3, 0.4) is 0 Å². The van der Waals surface area contributed by atoms with Gasteiger partial charge in [0.2, 0.25) is 0 Å². The molecule has 0 bridgehead atoms. The Morgan fingerprint density at radius 3 is 2.76 bits per heavy atom. The lowest BCUT2D eigenvalue weighted by molar-refractivity contribution is -0.387. The summed E-state index contributed by atoms with van der Waals surface area (Å²) in [6.07, 6.45) is 1.06. The Balaban J connectivity index is 2.83. The van der Waals surface area contributed by atoms with Crippen molar-refractivity contribution in [2.45, 2.75) is 26.7 Å². The van der Waals surface area contributed by atoms with Gasteiger partial charge in [0.15, 0.2) is 0 Å². The minimum Gasteiger partial charge on any atom is -0.275 e. The molecule has 0 saturated heterocycles. The molecule has 0 unspecified atom stereocenters. The first-order valence-corrected chi connectivity index (χ1v) is 5.17. The monoisotopic (exact) mass is 237 g/mol. The van der Waals surface area contributed by atoms with Gasteiger partial charge in [0.1, 0.15) is 11.5 Å². The average molecular weight is 237 g/mol. The Morgan fingerprint density at radius 2 is 2.18 bits per heavy atom. The number of hydrogen-bond donors (Lipinski definition) is 1. The Kier molecular flexibility index (Phi) is 2.62. The first-order chi connectivity index (χ1) is 8.04. The molecule has 0 spiro atoms. The van der Waals surface area contributed by atoms with Crippen LogP contribution in [0.1, 0.15) is 24.9 Å². The molecule has 0 fully saturated rings. The summed E-state index contributed by atoms with van der Waals surface area (Å²) in [5, 5.41) is 13.5. The van der Waals surface area contributed by atoms with Crippen molar-refractivity contribution < 1.29 is 4.92 Å². The molecule has 0 amide bonds. The van der Waals surface area contributed by atoms with Crippen LogP contribution in [0.5, 0.6) is 0 Å². The van der Waals surface area contributed by atoms with E-state index in [2.05, 4.69) is 15.1 Å². The third kappa shape index (κ3) is 1.77. The van der Waals surface area contributed by atoms with E-state index in [4.69, 9.17) is 0 Å². The molecule has 0 atom stereocenters. The SMILES string of the molecule is CCCc1nc2nc(C)[nH]n2c(=O)c1[N+](=O)[O-]. The van der Waals surface area contributed by atoms with E-state index >= 15 is 0 Å². The summed E-state index contributed by atoms with van der Waals surface area (Å²) in [5.41, 5.74) is -1.01. The molecule has 0 aliphatic heterocycles. The number of nitrogens with one attached hydrogen (secondary N) is 1. The van der Waals surface area contributed by atoms with Gasteiger partial charge >= 0.3 is 11.2 Å². The number of fused-ring (bicyclic) bond motifs is 1. The lowest BCUT2D eigenvalue weighted by atomic mass is 10.2. The zero-order chi connectivity index (χ0) is 12.6. The molecule has 0 saturated carbocycles. The topological polar surface area (TPSA) is 106 Å². The number of aromatic amines is 1. The summed E-state index contributed by atoms with van der Waals surface area (Å²) >= 11 is 0. The van der Waals surface area contributed by atoms with Crippen LogP contribution in [-0.4, -0.2) is 24.5 Å². The lowest BCUT2D eigenvalue weighted by Gasteiger charge is -1.99. The van der Waals surface area contributed by atoms with Crippen molar-refractivity contribution >= 4 is 11.5 Å². The molecule has 0 aromatic carbocycles. The van der Waals surface area contributed by atoms with Gasteiger partial charge in [-0.1, -0.05) is 13.3 Å². The summed E-state index contributed by atoms with van der Waals surface area (Å²) in [6.45, 7) is 3.52. The molecule has 17 heavy (non-hydrogen) atoms. The summed E-state index contributed by atoms with van der Waals surface area (Å²) < 4.78 is 0.993. The number of aryl methyl sites for hydroxylation is 2. The predicted molar refractivity (Wildman–Crippen MR) is 59.0 cm³/mol. The van der Waals surface area contributed by atoms with Crippen LogP contribution in [0.4, 0.5) is 5.69 Å². The normalized spacial score (nSPS) is 10.9. The van der Waals surface area contributed by atoms with Gasteiger partial charge in [-0.15, -0.1) is 0 Å². The molecule has 8 heteroatoms. The summed E-state index contributed by atoms with van der Waals surface area (Å²) in [6, 6.07) is 0. The standard InChI is InChI=1S/C9H11N5O3/c1-3-4-6-7(14(16)17)8(15)13-9(11-6)10-5(2)12-13/h3-4H2,1-2H3,(H,10,11,12). The Hall–Kier alpha value is -2.25. The minimum atomic E-state index is -0.718. The van der Waals surface area contributed by atoms with Crippen LogP contribution in [0.2, 0.25) is 0 Å². The molecule has 2 heterocycles. The number of nitro groups is 1. The van der Waals surface area contributed by atoms with Crippen LogP contribution >= 0.6 is 0 Å². The lowest BCUT2D eigenvalue weighted by Crippen LogP contribution is -2.21. The fourth-order valence-corrected chi connectivity index (χ4v) is 1.65. The summed E-state index contributed by atoms with van der Waals surface area (Å²) in [4.78, 5) is 30.1. The Morgan fingerprint density at radius 1 is 1.47 bits per heavy atom. The zero-order valence-corrected chi connectivity index (χ0v) is 9.43. The van der Waals surface area contributed by atoms with Crippen molar-refractivity contribution in [1.29, 1.82) is 0 Å². The van der Waals surface area contributed by atoms with Gasteiger partial charge in [-0.3, -0.25) is 20.0 Å². The molecule has 2 aromatic heterocycles. The van der Waals surface area contributed by atoms with Crippen molar-refractivity contribution in [3.63, 3.8) is 0 Å². The molecule has 8 nitrogen and oxygen atoms in total. The zero-order valence-electron chi connectivity index (χ0n) is 9.43. The maximum atomic E-state index is 11.9. The van der Waals surface area contributed by atoms with Gasteiger partial charge in [0.05, 0.1) is 4.92 Å². The molecule has 1 N–H and O–H groups in total. The van der Waals surface area contributed by atoms with Gasteiger partial charge < -0.3 is 0 Å². The number of nitrogens with zero attached hydrogens (tertiary/aromatic N) is 4. The highest BCUT2D eigenvalue weighted by Gasteiger charge is 2.23. The second-order valence-electron chi connectivity index (χ2n) is 3.66. The second-order valence-corrected chi connectivity index (χ2v) is 3.66. The van der Waals surface area contributed by atoms with Crippen LogP contribution < -0.4 is 5.56 Å². The number of H-pyrrole nitrogens is 1. The molecule has 0 radical (unpaired) electrons. The first-order valence-electron chi connectivity index (χ1n) is 5.17. The van der Waals surface area contributed by atoms with E-state index in [1.54, 1.807) is 6.92 Å². The quantitative estimate of drug-likeness (QED) is 0.621. The fourth-order valence-electron chi connectivity index (χ4n) is 1.65. The molecule has 0 aliphatic carbocycles. The van der Waals surface area contributed by atoms with Gasteiger partial charge in [0.25, 0.3) is 5.78 Å². The van der Waals surface area contributed by atoms with E-state index in [0.29, 0.717) is 18.7 Å². The molecular weight excluding hydrogens is 226 g/mol. The van der Waals surface area contributed by atoms with E-state index < -0.39 is 16.2 Å². The van der Waals surface area contributed by atoms with Gasteiger partial charge in [-0.05, 0) is 13.3 Å². The van der Waals surface area contributed by atoms with Crippen molar-refractivity contribution in [1.82, 2.24) is 19.6 Å². The van der Waals surface area contributed by atoms with Gasteiger partial charge in [0, 0.05) is 0 Å². The van der Waals surface area contributed by atoms with E-state index in [9.17, 15) is 14.9 Å². The number of hydrogen-bond acceptors (Lipinski definition) is 5. The highest BCUT2D eigenvalue weighted by atomic mass is 16.6. The maximum absolute atomic E-state index is 11.9. The first kappa shape index (κ1) is 11.2. The van der Waals surface area contributed by atoms with Crippen LogP contribution in [-0.2, 0) is 6.42 Å². The van der Waals surface area contributed by atoms with Crippen LogP contribution in [0.15, 0.2) is 4.79 Å². The van der Waals surface area contributed by atoms with Gasteiger partial charge in [-0.25, -0.2) is 4.98 Å². The fraction of sp³-hybridized carbons (Fsp3) is 0.444. The smallest absolute Gasteiger partial charge is 0.275 e. The number of rotatable bonds is 3.